The number of hydrogen-bond donors (Lipinski definition) is 0. The number of likely N-dealkylation sites (tertiary alicyclic amines) is 1. The van der Waals surface area contributed by atoms with Crippen LogP contribution in [0.1, 0.15) is 36.9 Å². The summed E-state index contributed by atoms with van der Waals surface area (Å²) in [6.45, 7) is 3.98. The Labute approximate surface area is 130 Å². The van der Waals surface area contributed by atoms with Crippen molar-refractivity contribution in [1.82, 2.24) is 9.47 Å². The van der Waals surface area contributed by atoms with E-state index in [1.54, 1.807) is 0 Å². The molecule has 1 fully saturated rings. The Morgan fingerprint density at radius 2 is 1.86 bits per heavy atom. The van der Waals surface area contributed by atoms with Gasteiger partial charge in [0.05, 0.1) is 11.1 Å². The minimum atomic E-state index is 0.162. The maximum Gasteiger partial charge on any atom is 0.242 e. The minimum absolute atomic E-state index is 0.162. The van der Waals surface area contributed by atoms with Crippen LogP contribution in [0.4, 0.5) is 0 Å². The second-order valence-electron chi connectivity index (χ2n) is 5.97. The molecule has 0 bridgehead atoms. The van der Waals surface area contributed by atoms with E-state index in [0.29, 0.717) is 12.1 Å². The van der Waals surface area contributed by atoms with Crippen LogP contribution in [0.5, 0.6) is 0 Å². The molecule has 0 spiro atoms. The van der Waals surface area contributed by atoms with Gasteiger partial charge in [-0.05, 0) is 25.8 Å². The largest absolute Gasteiger partial charge is 0.341 e. The molecule has 0 N–H and O–H groups in total. The lowest BCUT2D eigenvalue weighted by molar-refractivity contribution is -0.131. The number of aromatic nitrogens is 1. The van der Waals surface area contributed by atoms with Crippen LogP contribution in [0.2, 0.25) is 0 Å². The van der Waals surface area contributed by atoms with E-state index in [9.17, 15) is 10.1 Å². The first-order valence-electron chi connectivity index (χ1n) is 7.98. The van der Waals surface area contributed by atoms with Crippen LogP contribution < -0.4 is 0 Å². The van der Waals surface area contributed by atoms with Crippen LogP contribution in [0, 0.1) is 18.3 Å². The van der Waals surface area contributed by atoms with E-state index in [2.05, 4.69) is 6.07 Å². The van der Waals surface area contributed by atoms with Crippen molar-refractivity contribution in [2.75, 3.05) is 13.1 Å². The Morgan fingerprint density at radius 3 is 2.55 bits per heavy atom. The lowest BCUT2D eigenvalue weighted by Crippen LogP contribution is -2.34. The zero-order valence-electron chi connectivity index (χ0n) is 13.0. The molecule has 1 aliphatic rings. The number of carbonyl (C=O) groups excluding carboxylic acids is 1. The molecule has 2 aromatic rings. The Bertz CT molecular complexity index is 731. The molecule has 0 saturated carbocycles. The number of para-hydroxylation sites is 1. The number of hydrogen-bond acceptors (Lipinski definition) is 2. The minimum Gasteiger partial charge on any atom is -0.341 e. The lowest BCUT2D eigenvalue weighted by atomic mass is 10.1. The van der Waals surface area contributed by atoms with E-state index in [-0.39, 0.29) is 5.91 Å². The summed E-state index contributed by atoms with van der Waals surface area (Å²) in [5, 5.41) is 10.3. The van der Waals surface area contributed by atoms with Crippen molar-refractivity contribution < 1.29 is 4.79 Å². The van der Waals surface area contributed by atoms with Crippen LogP contribution in [0.25, 0.3) is 10.9 Å². The van der Waals surface area contributed by atoms with Gasteiger partial charge in [-0.1, -0.05) is 31.0 Å². The van der Waals surface area contributed by atoms with E-state index < -0.39 is 0 Å². The fourth-order valence-corrected chi connectivity index (χ4v) is 3.33. The van der Waals surface area contributed by atoms with Crippen molar-refractivity contribution in [3.8, 4) is 6.07 Å². The predicted molar refractivity (Wildman–Crippen MR) is 86.4 cm³/mol. The normalized spacial score (nSPS) is 15.5. The molecule has 1 aliphatic heterocycles. The second kappa shape index (κ2) is 6.23. The monoisotopic (exact) mass is 295 g/mol. The van der Waals surface area contributed by atoms with Crippen LogP contribution >= 0.6 is 0 Å². The quantitative estimate of drug-likeness (QED) is 0.854. The number of carbonyl (C=O) groups is 1. The van der Waals surface area contributed by atoms with Gasteiger partial charge in [-0.3, -0.25) is 4.79 Å². The lowest BCUT2D eigenvalue weighted by Gasteiger charge is -2.21. The summed E-state index contributed by atoms with van der Waals surface area (Å²) < 4.78 is 1.99. The Hall–Kier alpha value is -2.28. The molecule has 0 unspecified atom stereocenters. The number of rotatable bonds is 2. The van der Waals surface area contributed by atoms with Gasteiger partial charge >= 0.3 is 0 Å². The number of nitriles is 1. The average Bonchev–Trinajstić information content (AvgIpc) is 2.73. The third-order valence-corrected chi connectivity index (χ3v) is 4.59. The molecule has 4 heteroatoms. The van der Waals surface area contributed by atoms with Gasteiger partial charge in [-0.25, -0.2) is 0 Å². The predicted octanol–water partition coefficient (Wildman–Crippen LogP) is 3.22. The summed E-state index contributed by atoms with van der Waals surface area (Å²) in [5.41, 5.74) is 2.53. The second-order valence-corrected chi connectivity index (χ2v) is 5.97. The van der Waals surface area contributed by atoms with Crippen LogP contribution in [-0.2, 0) is 11.3 Å². The molecular formula is C18H21N3O. The van der Waals surface area contributed by atoms with Gasteiger partial charge in [0, 0.05) is 24.2 Å². The highest BCUT2D eigenvalue weighted by Gasteiger charge is 2.19. The van der Waals surface area contributed by atoms with Crippen molar-refractivity contribution >= 4 is 16.8 Å². The Morgan fingerprint density at radius 1 is 1.18 bits per heavy atom. The van der Waals surface area contributed by atoms with E-state index >= 15 is 0 Å². The van der Waals surface area contributed by atoms with E-state index in [4.69, 9.17) is 0 Å². The average molecular weight is 295 g/mol. The molecule has 2 heterocycles. The van der Waals surface area contributed by atoms with Crippen LogP contribution in [0.3, 0.4) is 0 Å². The smallest absolute Gasteiger partial charge is 0.242 e. The summed E-state index contributed by atoms with van der Waals surface area (Å²) >= 11 is 0. The number of fused-ring (bicyclic) bond motifs is 1. The van der Waals surface area contributed by atoms with Crippen molar-refractivity contribution in [2.45, 2.75) is 39.2 Å². The molecular weight excluding hydrogens is 274 g/mol. The maximum atomic E-state index is 12.6. The first kappa shape index (κ1) is 14.6. The van der Waals surface area contributed by atoms with Gasteiger partial charge in [0.15, 0.2) is 0 Å². The summed E-state index contributed by atoms with van der Waals surface area (Å²) in [6.07, 6.45) is 4.63. The van der Waals surface area contributed by atoms with Crippen molar-refractivity contribution in [2.24, 2.45) is 0 Å². The van der Waals surface area contributed by atoms with E-state index in [1.807, 2.05) is 40.7 Å². The SMILES string of the molecule is Cc1c(C#N)c2ccccc2n1CC(=O)N1CCCCCC1. The topological polar surface area (TPSA) is 49.0 Å². The van der Waals surface area contributed by atoms with Gasteiger partial charge < -0.3 is 9.47 Å². The van der Waals surface area contributed by atoms with E-state index in [0.717, 1.165) is 42.5 Å². The summed E-state index contributed by atoms with van der Waals surface area (Å²) in [7, 11) is 0. The van der Waals surface area contributed by atoms with Gasteiger partial charge in [0.25, 0.3) is 0 Å². The third-order valence-electron chi connectivity index (χ3n) is 4.59. The number of benzene rings is 1. The zero-order chi connectivity index (χ0) is 15.5. The Balaban J connectivity index is 1.92. The summed E-state index contributed by atoms with van der Waals surface area (Å²) in [5.74, 6) is 0.162. The molecule has 22 heavy (non-hydrogen) atoms. The highest BCUT2D eigenvalue weighted by atomic mass is 16.2. The standard InChI is InChI=1S/C18H21N3O/c1-14-16(12-19)15-8-4-5-9-17(15)21(14)13-18(22)20-10-6-2-3-7-11-20/h4-5,8-9H,2-3,6-7,10-11,13H2,1H3. The molecule has 1 aromatic heterocycles. The number of amides is 1. The highest BCUT2D eigenvalue weighted by molar-refractivity contribution is 5.89. The highest BCUT2D eigenvalue weighted by Crippen LogP contribution is 2.25. The molecule has 0 atom stereocenters. The van der Waals surface area contributed by atoms with Gasteiger partial charge in [0.1, 0.15) is 12.6 Å². The van der Waals surface area contributed by atoms with E-state index in [1.165, 1.54) is 12.8 Å². The van der Waals surface area contributed by atoms with Crippen molar-refractivity contribution in [3.05, 3.63) is 35.5 Å². The van der Waals surface area contributed by atoms with Crippen molar-refractivity contribution in [3.63, 3.8) is 0 Å². The molecule has 0 radical (unpaired) electrons. The summed E-state index contributed by atoms with van der Waals surface area (Å²) in [6, 6.07) is 10.1. The molecule has 0 aliphatic carbocycles. The van der Waals surface area contributed by atoms with Crippen molar-refractivity contribution in [1.29, 1.82) is 5.26 Å². The van der Waals surface area contributed by atoms with Gasteiger partial charge in [0.2, 0.25) is 5.91 Å². The summed E-state index contributed by atoms with van der Waals surface area (Å²) in [4.78, 5) is 14.6. The third kappa shape index (κ3) is 2.59. The Kier molecular flexibility index (Phi) is 4.15. The fraction of sp³-hybridized carbons (Fsp3) is 0.444. The molecule has 114 valence electrons. The fourth-order valence-electron chi connectivity index (χ4n) is 3.33. The van der Waals surface area contributed by atoms with Crippen LogP contribution in [0.15, 0.2) is 24.3 Å². The van der Waals surface area contributed by atoms with Crippen LogP contribution in [-0.4, -0.2) is 28.5 Å². The molecule has 4 nitrogen and oxygen atoms in total. The first-order valence-corrected chi connectivity index (χ1v) is 7.98. The van der Waals surface area contributed by atoms with Gasteiger partial charge in [-0.15, -0.1) is 0 Å². The zero-order valence-corrected chi connectivity index (χ0v) is 13.0. The molecule has 1 amide bonds. The molecule has 1 aromatic carbocycles. The first-order chi connectivity index (χ1) is 10.7. The molecule has 1 saturated heterocycles. The van der Waals surface area contributed by atoms with Gasteiger partial charge in [-0.2, -0.15) is 5.26 Å². The number of nitrogens with zero attached hydrogens (tertiary/aromatic N) is 3. The maximum absolute atomic E-state index is 12.6. The molecule has 3 rings (SSSR count).